The molecule has 0 N–H and O–H groups in total. The second kappa shape index (κ2) is 5.87. The van der Waals surface area contributed by atoms with E-state index in [1.165, 1.54) is 5.56 Å². The Kier molecular flexibility index (Phi) is 4.20. The maximum Gasteiger partial charge on any atom is 0.119 e. The van der Waals surface area contributed by atoms with Crippen LogP contribution in [0.3, 0.4) is 0 Å². The maximum absolute atomic E-state index is 5.74. The van der Waals surface area contributed by atoms with Crippen LogP contribution in [-0.2, 0) is 11.8 Å². The molecule has 2 aromatic rings. The average molecular weight is 255 g/mol. The zero-order valence-electron chi connectivity index (χ0n) is 11.9. The fourth-order valence-electron chi connectivity index (χ4n) is 1.87. The van der Waals surface area contributed by atoms with Crippen LogP contribution in [0.1, 0.15) is 32.0 Å². The van der Waals surface area contributed by atoms with Crippen molar-refractivity contribution in [2.45, 2.75) is 32.6 Å². The molecule has 1 aromatic carbocycles. The van der Waals surface area contributed by atoms with Gasteiger partial charge in [-0.15, -0.1) is 0 Å². The molecule has 2 rings (SSSR count). The van der Waals surface area contributed by atoms with Crippen LogP contribution in [0.2, 0.25) is 0 Å². The van der Waals surface area contributed by atoms with Gasteiger partial charge in [0.15, 0.2) is 0 Å². The first-order valence-corrected chi connectivity index (χ1v) is 6.69. The lowest BCUT2D eigenvalue weighted by atomic mass is 9.87. The summed E-state index contributed by atoms with van der Waals surface area (Å²) in [6.45, 7) is 7.30. The van der Waals surface area contributed by atoms with Crippen LogP contribution in [0.25, 0.3) is 0 Å². The highest BCUT2D eigenvalue weighted by Crippen LogP contribution is 2.24. The van der Waals surface area contributed by atoms with Gasteiger partial charge in [-0.25, -0.2) is 0 Å². The molecule has 100 valence electrons. The van der Waals surface area contributed by atoms with Gasteiger partial charge in [-0.1, -0.05) is 39.0 Å². The number of ether oxygens (including phenoxy) is 1. The Hall–Kier alpha value is -1.83. The SMILES string of the molecule is CC(C)(C)c1ccc(OCCc2ccccn2)cc1. The van der Waals surface area contributed by atoms with E-state index in [-0.39, 0.29) is 5.41 Å². The molecule has 0 saturated heterocycles. The van der Waals surface area contributed by atoms with E-state index in [9.17, 15) is 0 Å². The van der Waals surface area contributed by atoms with Gasteiger partial charge in [-0.2, -0.15) is 0 Å². The van der Waals surface area contributed by atoms with Crippen molar-refractivity contribution in [1.82, 2.24) is 4.98 Å². The molecule has 0 saturated carbocycles. The van der Waals surface area contributed by atoms with Crippen molar-refractivity contribution in [1.29, 1.82) is 0 Å². The topological polar surface area (TPSA) is 22.1 Å². The Morgan fingerprint density at radius 1 is 1.00 bits per heavy atom. The van der Waals surface area contributed by atoms with E-state index >= 15 is 0 Å². The van der Waals surface area contributed by atoms with E-state index in [0.717, 1.165) is 17.9 Å². The molecule has 2 heteroatoms. The Morgan fingerprint density at radius 3 is 2.32 bits per heavy atom. The normalized spacial score (nSPS) is 11.3. The summed E-state index contributed by atoms with van der Waals surface area (Å²) < 4.78 is 5.74. The third-order valence-electron chi connectivity index (χ3n) is 3.07. The van der Waals surface area contributed by atoms with Gasteiger partial charge in [0.25, 0.3) is 0 Å². The van der Waals surface area contributed by atoms with Crippen molar-refractivity contribution in [2.24, 2.45) is 0 Å². The van der Waals surface area contributed by atoms with E-state index in [4.69, 9.17) is 4.74 Å². The molecule has 0 amide bonds. The lowest BCUT2D eigenvalue weighted by molar-refractivity contribution is 0.320. The third-order valence-corrected chi connectivity index (χ3v) is 3.07. The second-order valence-electron chi connectivity index (χ2n) is 5.69. The van der Waals surface area contributed by atoms with Crippen molar-refractivity contribution in [3.8, 4) is 5.75 Å². The van der Waals surface area contributed by atoms with Gasteiger partial charge in [0.2, 0.25) is 0 Å². The highest BCUT2D eigenvalue weighted by molar-refractivity contribution is 5.31. The predicted octanol–water partition coefficient (Wildman–Crippen LogP) is 4.00. The molecule has 0 spiro atoms. The van der Waals surface area contributed by atoms with Gasteiger partial charge in [-0.05, 0) is 35.2 Å². The number of pyridine rings is 1. The molecule has 0 atom stereocenters. The zero-order chi connectivity index (χ0) is 13.7. The first-order chi connectivity index (χ1) is 9.05. The van der Waals surface area contributed by atoms with Crippen molar-refractivity contribution in [2.75, 3.05) is 6.61 Å². The summed E-state index contributed by atoms with van der Waals surface area (Å²) in [5.74, 6) is 0.920. The molecule has 0 aliphatic heterocycles. The Morgan fingerprint density at radius 2 is 1.74 bits per heavy atom. The molecule has 0 aliphatic carbocycles. The Labute approximate surface area is 115 Å². The molecule has 0 bridgehead atoms. The maximum atomic E-state index is 5.74. The van der Waals surface area contributed by atoms with Crippen LogP contribution in [0, 0.1) is 0 Å². The molecule has 2 nitrogen and oxygen atoms in total. The summed E-state index contributed by atoms with van der Waals surface area (Å²) in [6.07, 6.45) is 2.65. The minimum absolute atomic E-state index is 0.187. The number of rotatable bonds is 4. The molecule has 0 fully saturated rings. The summed E-state index contributed by atoms with van der Waals surface area (Å²) >= 11 is 0. The fraction of sp³-hybridized carbons (Fsp3) is 0.353. The van der Waals surface area contributed by atoms with Crippen LogP contribution >= 0.6 is 0 Å². The standard InChI is InChI=1S/C17H21NO/c1-17(2,3)14-7-9-16(10-8-14)19-13-11-15-6-4-5-12-18-15/h4-10,12H,11,13H2,1-3H3. The van der Waals surface area contributed by atoms with Gasteiger partial charge in [0.1, 0.15) is 5.75 Å². The monoisotopic (exact) mass is 255 g/mol. The molecular weight excluding hydrogens is 234 g/mol. The van der Waals surface area contributed by atoms with Gasteiger partial charge in [0.05, 0.1) is 6.61 Å². The highest BCUT2D eigenvalue weighted by Gasteiger charge is 2.12. The zero-order valence-corrected chi connectivity index (χ0v) is 11.9. The third kappa shape index (κ3) is 4.09. The van der Waals surface area contributed by atoms with Gasteiger partial charge in [0, 0.05) is 18.3 Å². The summed E-state index contributed by atoms with van der Waals surface area (Å²) in [6, 6.07) is 14.3. The van der Waals surface area contributed by atoms with Gasteiger partial charge in [-0.3, -0.25) is 4.98 Å². The van der Waals surface area contributed by atoms with E-state index in [1.54, 1.807) is 0 Å². The Bertz CT molecular complexity index is 497. The van der Waals surface area contributed by atoms with Crippen molar-refractivity contribution < 1.29 is 4.74 Å². The first kappa shape index (κ1) is 13.6. The number of aromatic nitrogens is 1. The molecule has 0 unspecified atom stereocenters. The van der Waals surface area contributed by atoms with Crippen LogP contribution in [-0.4, -0.2) is 11.6 Å². The average Bonchev–Trinajstić information content (AvgIpc) is 2.39. The molecule has 1 heterocycles. The number of nitrogens with zero attached hydrogens (tertiary/aromatic N) is 1. The number of hydrogen-bond acceptors (Lipinski definition) is 2. The first-order valence-electron chi connectivity index (χ1n) is 6.69. The van der Waals surface area contributed by atoms with Crippen LogP contribution in [0.15, 0.2) is 48.7 Å². The molecule has 0 radical (unpaired) electrons. The minimum Gasteiger partial charge on any atom is -0.493 e. The summed E-state index contributed by atoms with van der Waals surface area (Å²) in [7, 11) is 0. The largest absolute Gasteiger partial charge is 0.493 e. The lowest BCUT2D eigenvalue weighted by Gasteiger charge is -2.19. The highest BCUT2D eigenvalue weighted by atomic mass is 16.5. The fourth-order valence-corrected chi connectivity index (χ4v) is 1.87. The Balaban J connectivity index is 1.87. The van der Waals surface area contributed by atoms with Gasteiger partial charge >= 0.3 is 0 Å². The summed E-state index contributed by atoms with van der Waals surface area (Å²) in [4.78, 5) is 4.28. The predicted molar refractivity (Wildman–Crippen MR) is 78.6 cm³/mol. The second-order valence-corrected chi connectivity index (χ2v) is 5.69. The molecule has 19 heavy (non-hydrogen) atoms. The van der Waals surface area contributed by atoms with Crippen molar-refractivity contribution in [3.63, 3.8) is 0 Å². The van der Waals surface area contributed by atoms with E-state index in [2.05, 4.69) is 37.9 Å². The summed E-state index contributed by atoms with van der Waals surface area (Å²) in [5.41, 5.74) is 2.57. The van der Waals surface area contributed by atoms with Crippen molar-refractivity contribution >= 4 is 0 Å². The van der Waals surface area contributed by atoms with Gasteiger partial charge < -0.3 is 4.74 Å². The quantitative estimate of drug-likeness (QED) is 0.823. The van der Waals surface area contributed by atoms with Crippen molar-refractivity contribution in [3.05, 3.63) is 59.9 Å². The molecule has 0 aliphatic rings. The number of benzene rings is 1. The van der Waals surface area contributed by atoms with E-state index in [0.29, 0.717) is 6.61 Å². The van der Waals surface area contributed by atoms with E-state index in [1.807, 2.05) is 36.5 Å². The van der Waals surface area contributed by atoms with Crippen LogP contribution in [0.5, 0.6) is 5.75 Å². The van der Waals surface area contributed by atoms with Crippen LogP contribution < -0.4 is 4.74 Å². The van der Waals surface area contributed by atoms with E-state index < -0.39 is 0 Å². The molecular formula is C17H21NO. The van der Waals surface area contributed by atoms with Crippen LogP contribution in [0.4, 0.5) is 0 Å². The minimum atomic E-state index is 0.187. The number of hydrogen-bond donors (Lipinski definition) is 0. The summed E-state index contributed by atoms with van der Waals surface area (Å²) in [5, 5.41) is 0. The lowest BCUT2D eigenvalue weighted by Crippen LogP contribution is -2.10. The molecule has 1 aromatic heterocycles. The smallest absolute Gasteiger partial charge is 0.119 e.